The van der Waals surface area contributed by atoms with E-state index in [1.807, 2.05) is 0 Å². The molecule has 1 heterocycles. The minimum atomic E-state index is -1.23. The van der Waals surface area contributed by atoms with Crippen molar-refractivity contribution in [2.45, 2.75) is 6.92 Å². The number of rotatable bonds is 3. The third kappa shape index (κ3) is 3.55. The molecule has 1 aromatic rings. The van der Waals surface area contributed by atoms with Gasteiger partial charge in [0.2, 0.25) is 5.91 Å². The quantitative estimate of drug-likeness (QED) is 0.682. The molecule has 0 spiro atoms. The monoisotopic (exact) mass is 207 g/mol. The van der Waals surface area contributed by atoms with E-state index in [4.69, 9.17) is 5.11 Å². The number of aliphatic carboxylic acids is 1. The Morgan fingerprint density at radius 3 is 2.67 bits per heavy atom. The summed E-state index contributed by atoms with van der Waals surface area (Å²) in [7, 11) is 0. The van der Waals surface area contributed by atoms with Gasteiger partial charge in [-0.15, -0.1) is 0 Å². The molecule has 0 radical (unpaired) electrons. The van der Waals surface area contributed by atoms with Gasteiger partial charge in [-0.3, -0.25) is 14.8 Å². The van der Waals surface area contributed by atoms with E-state index in [1.165, 1.54) is 31.6 Å². The maximum atomic E-state index is 10.7. The molecule has 0 saturated heterocycles. The number of hydrogen-bond donors (Lipinski definition) is 2. The maximum absolute atomic E-state index is 10.7. The highest BCUT2D eigenvalue weighted by atomic mass is 16.4. The second-order valence-corrected chi connectivity index (χ2v) is 2.67. The van der Waals surface area contributed by atoms with Gasteiger partial charge in [-0.1, -0.05) is 0 Å². The molecular formula is C9H9N3O3. The van der Waals surface area contributed by atoms with Crippen LogP contribution in [0.4, 0.5) is 0 Å². The van der Waals surface area contributed by atoms with Crippen LogP contribution in [0.25, 0.3) is 6.08 Å². The number of nitrogens with zero attached hydrogens (tertiary/aromatic N) is 2. The Morgan fingerprint density at radius 1 is 1.47 bits per heavy atom. The van der Waals surface area contributed by atoms with Crippen LogP contribution >= 0.6 is 0 Å². The Bertz CT molecular complexity index is 400. The maximum Gasteiger partial charge on any atom is 0.352 e. The number of carboxylic acid groups (broad SMARTS) is 1. The molecule has 1 rings (SSSR count). The minimum absolute atomic E-state index is 0.233. The molecule has 0 atom stereocenters. The molecule has 15 heavy (non-hydrogen) atoms. The van der Waals surface area contributed by atoms with Crippen LogP contribution < -0.4 is 5.32 Å². The van der Waals surface area contributed by atoms with Crippen molar-refractivity contribution in [1.82, 2.24) is 15.3 Å². The summed E-state index contributed by atoms with van der Waals surface area (Å²) in [6.07, 6.45) is 5.52. The van der Waals surface area contributed by atoms with E-state index in [2.05, 4.69) is 15.3 Å². The Kier molecular flexibility index (Phi) is 3.50. The molecular weight excluding hydrogens is 198 g/mol. The van der Waals surface area contributed by atoms with Crippen LogP contribution in [0.2, 0.25) is 0 Å². The molecule has 0 saturated carbocycles. The zero-order chi connectivity index (χ0) is 11.3. The normalized spacial score (nSPS) is 10.9. The summed E-state index contributed by atoms with van der Waals surface area (Å²) in [5.41, 5.74) is 0.131. The fraction of sp³-hybridized carbons (Fsp3) is 0.111. The molecule has 0 aromatic carbocycles. The van der Waals surface area contributed by atoms with E-state index in [0.717, 1.165) is 0 Å². The Balaban J connectivity index is 2.94. The summed E-state index contributed by atoms with van der Waals surface area (Å²) < 4.78 is 0. The highest BCUT2D eigenvalue weighted by Gasteiger charge is 2.08. The van der Waals surface area contributed by atoms with Crippen molar-refractivity contribution >= 4 is 18.0 Å². The van der Waals surface area contributed by atoms with Crippen LogP contribution in [-0.4, -0.2) is 27.0 Å². The van der Waals surface area contributed by atoms with E-state index in [-0.39, 0.29) is 5.70 Å². The lowest BCUT2D eigenvalue weighted by Crippen LogP contribution is -2.24. The topological polar surface area (TPSA) is 92.2 Å². The SMILES string of the molecule is CC(=O)N/C(=C/c1cnccn1)C(=O)O. The second kappa shape index (κ2) is 4.85. The number of carbonyl (C=O) groups is 2. The molecule has 1 amide bonds. The zero-order valence-corrected chi connectivity index (χ0v) is 7.97. The van der Waals surface area contributed by atoms with E-state index in [9.17, 15) is 9.59 Å². The zero-order valence-electron chi connectivity index (χ0n) is 7.97. The van der Waals surface area contributed by atoms with Crippen LogP contribution in [0.1, 0.15) is 12.6 Å². The fourth-order valence-electron chi connectivity index (χ4n) is 0.874. The summed E-state index contributed by atoms with van der Waals surface area (Å²) in [6.45, 7) is 1.23. The molecule has 78 valence electrons. The molecule has 0 aliphatic carbocycles. The second-order valence-electron chi connectivity index (χ2n) is 2.67. The van der Waals surface area contributed by atoms with Crippen molar-refractivity contribution in [2.75, 3.05) is 0 Å². The molecule has 0 unspecified atom stereocenters. The van der Waals surface area contributed by atoms with Crippen molar-refractivity contribution in [3.05, 3.63) is 30.0 Å². The highest BCUT2D eigenvalue weighted by molar-refractivity contribution is 5.96. The molecule has 6 heteroatoms. The van der Waals surface area contributed by atoms with Crippen LogP contribution in [0.5, 0.6) is 0 Å². The van der Waals surface area contributed by atoms with E-state index in [0.29, 0.717) is 5.69 Å². The lowest BCUT2D eigenvalue weighted by molar-refractivity contribution is -0.134. The number of aromatic nitrogens is 2. The molecule has 0 aliphatic rings. The summed E-state index contributed by atoms with van der Waals surface area (Å²) in [5.74, 6) is -1.68. The summed E-state index contributed by atoms with van der Waals surface area (Å²) in [6, 6.07) is 0. The third-order valence-corrected chi connectivity index (χ3v) is 1.42. The first kappa shape index (κ1) is 10.8. The van der Waals surface area contributed by atoms with Gasteiger partial charge >= 0.3 is 5.97 Å². The molecule has 0 bridgehead atoms. The molecule has 0 fully saturated rings. The van der Waals surface area contributed by atoms with Gasteiger partial charge in [0, 0.05) is 19.3 Å². The van der Waals surface area contributed by atoms with Gasteiger partial charge in [0.15, 0.2) is 0 Å². The molecule has 0 aliphatic heterocycles. The number of hydrogen-bond acceptors (Lipinski definition) is 4. The predicted molar refractivity (Wildman–Crippen MR) is 51.5 cm³/mol. The average Bonchev–Trinajstić information content (AvgIpc) is 2.17. The Labute approximate surface area is 85.7 Å². The average molecular weight is 207 g/mol. The number of carboxylic acids is 1. The van der Waals surface area contributed by atoms with Crippen molar-refractivity contribution < 1.29 is 14.7 Å². The van der Waals surface area contributed by atoms with Gasteiger partial charge < -0.3 is 10.4 Å². The van der Waals surface area contributed by atoms with E-state index >= 15 is 0 Å². The minimum Gasteiger partial charge on any atom is -0.477 e. The van der Waals surface area contributed by atoms with Crippen molar-refractivity contribution in [1.29, 1.82) is 0 Å². The van der Waals surface area contributed by atoms with Gasteiger partial charge in [-0.2, -0.15) is 0 Å². The first-order valence-corrected chi connectivity index (χ1v) is 4.08. The summed E-state index contributed by atoms with van der Waals surface area (Å²) in [4.78, 5) is 29.0. The molecule has 2 N–H and O–H groups in total. The number of nitrogens with one attached hydrogen (secondary N) is 1. The van der Waals surface area contributed by atoms with E-state index < -0.39 is 11.9 Å². The van der Waals surface area contributed by atoms with Crippen LogP contribution in [0.15, 0.2) is 24.3 Å². The number of amides is 1. The summed E-state index contributed by atoms with van der Waals surface area (Å²) in [5, 5.41) is 10.9. The first-order chi connectivity index (χ1) is 7.09. The summed E-state index contributed by atoms with van der Waals surface area (Å²) >= 11 is 0. The molecule has 1 aromatic heterocycles. The molecule has 6 nitrogen and oxygen atoms in total. The van der Waals surface area contributed by atoms with Gasteiger partial charge in [0.25, 0.3) is 0 Å². The van der Waals surface area contributed by atoms with Gasteiger partial charge in [-0.05, 0) is 6.08 Å². The van der Waals surface area contributed by atoms with Gasteiger partial charge in [-0.25, -0.2) is 4.79 Å². The lowest BCUT2D eigenvalue weighted by atomic mass is 10.3. The third-order valence-electron chi connectivity index (χ3n) is 1.42. The predicted octanol–water partition coefficient (Wildman–Crippen LogP) is 0.0382. The van der Waals surface area contributed by atoms with Gasteiger partial charge in [0.05, 0.1) is 11.9 Å². The standard InChI is InChI=1S/C9H9N3O3/c1-6(13)12-8(9(14)15)4-7-5-10-2-3-11-7/h2-5H,1H3,(H,12,13)(H,14,15)/b8-4+. The lowest BCUT2D eigenvalue weighted by Gasteiger charge is -2.01. The number of carbonyl (C=O) groups excluding carboxylic acids is 1. The van der Waals surface area contributed by atoms with Crippen molar-refractivity contribution in [2.24, 2.45) is 0 Å². The van der Waals surface area contributed by atoms with Crippen LogP contribution in [-0.2, 0) is 9.59 Å². The van der Waals surface area contributed by atoms with Crippen LogP contribution in [0, 0.1) is 0 Å². The highest BCUT2D eigenvalue weighted by Crippen LogP contribution is 1.99. The van der Waals surface area contributed by atoms with Crippen LogP contribution in [0.3, 0.4) is 0 Å². The Hall–Kier alpha value is -2.24. The smallest absolute Gasteiger partial charge is 0.352 e. The van der Waals surface area contributed by atoms with E-state index in [1.54, 1.807) is 0 Å². The van der Waals surface area contributed by atoms with Crippen molar-refractivity contribution in [3.8, 4) is 0 Å². The first-order valence-electron chi connectivity index (χ1n) is 4.08. The fourth-order valence-corrected chi connectivity index (χ4v) is 0.874. The van der Waals surface area contributed by atoms with Crippen molar-refractivity contribution in [3.63, 3.8) is 0 Å². The Morgan fingerprint density at radius 2 is 2.20 bits per heavy atom. The van der Waals surface area contributed by atoms with Gasteiger partial charge in [0.1, 0.15) is 5.70 Å². The largest absolute Gasteiger partial charge is 0.477 e.